The van der Waals surface area contributed by atoms with Gasteiger partial charge in [0.25, 0.3) is 0 Å². The molecule has 0 bridgehead atoms. The summed E-state index contributed by atoms with van der Waals surface area (Å²) in [4.78, 5) is 12.9. The molecule has 4 heteroatoms. The van der Waals surface area contributed by atoms with Gasteiger partial charge in [-0.3, -0.25) is 4.79 Å². The van der Waals surface area contributed by atoms with E-state index >= 15 is 0 Å². The summed E-state index contributed by atoms with van der Waals surface area (Å²) in [6, 6.07) is 8.00. The lowest BCUT2D eigenvalue weighted by Gasteiger charge is -2.40. The zero-order chi connectivity index (χ0) is 20.7. The van der Waals surface area contributed by atoms with Crippen LogP contribution in [0.2, 0.25) is 18.1 Å². The molecule has 2 atom stereocenters. The maximum atomic E-state index is 12.9. The number of carbonyl (C=O) groups excluding carboxylic acids is 1. The van der Waals surface area contributed by atoms with Crippen molar-refractivity contribution in [2.75, 3.05) is 7.11 Å². The van der Waals surface area contributed by atoms with E-state index in [0.29, 0.717) is 18.1 Å². The van der Waals surface area contributed by atoms with Crippen LogP contribution in [0.4, 0.5) is 0 Å². The number of rotatable bonds is 5. The lowest BCUT2D eigenvalue weighted by Crippen LogP contribution is -2.43. The third-order valence-corrected chi connectivity index (χ3v) is 11.4. The average molecular weight is 399 g/mol. The summed E-state index contributed by atoms with van der Waals surface area (Å²) in [6.45, 7) is 13.4. The van der Waals surface area contributed by atoms with E-state index in [0.717, 1.165) is 29.9 Å². The van der Waals surface area contributed by atoms with Gasteiger partial charge in [-0.05, 0) is 55.5 Å². The van der Waals surface area contributed by atoms with E-state index < -0.39 is 13.7 Å². The maximum absolute atomic E-state index is 12.9. The average Bonchev–Trinajstić information content (AvgIpc) is 3.05. The number of hydrogen-bond donors (Lipinski definition) is 0. The number of allylic oxidation sites excluding steroid dienone is 3. The van der Waals surface area contributed by atoms with E-state index in [-0.39, 0.29) is 5.04 Å². The first-order chi connectivity index (χ1) is 13.0. The fourth-order valence-corrected chi connectivity index (χ4v) is 5.27. The highest BCUT2D eigenvalue weighted by molar-refractivity contribution is 6.74. The van der Waals surface area contributed by atoms with Crippen LogP contribution in [0.3, 0.4) is 0 Å². The van der Waals surface area contributed by atoms with E-state index in [1.54, 1.807) is 7.11 Å². The molecular weight excluding hydrogens is 364 g/mol. The number of hydrogen-bond acceptors (Lipinski definition) is 3. The van der Waals surface area contributed by atoms with Gasteiger partial charge >= 0.3 is 0 Å². The zero-order valence-electron chi connectivity index (χ0n) is 18.4. The first-order valence-corrected chi connectivity index (χ1v) is 13.2. The monoisotopic (exact) mass is 398 g/mol. The van der Waals surface area contributed by atoms with Crippen molar-refractivity contribution in [1.29, 1.82) is 0 Å². The number of ketones is 1. The summed E-state index contributed by atoms with van der Waals surface area (Å²) >= 11 is 0. The van der Waals surface area contributed by atoms with Crippen molar-refractivity contribution >= 4 is 20.2 Å². The summed E-state index contributed by atoms with van der Waals surface area (Å²) in [5, 5.41) is 0.0908. The smallest absolute Gasteiger partial charge is 0.250 e. The van der Waals surface area contributed by atoms with Gasteiger partial charge < -0.3 is 9.16 Å². The first-order valence-electron chi connectivity index (χ1n) is 10.3. The van der Waals surface area contributed by atoms with Crippen LogP contribution in [0.5, 0.6) is 5.75 Å². The summed E-state index contributed by atoms with van der Waals surface area (Å²) in [5.41, 5.74) is 1.75. The van der Waals surface area contributed by atoms with Crippen molar-refractivity contribution in [3.05, 3.63) is 47.2 Å². The Hall–Kier alpha value is -1.81. The van der Waals surface area contributed by atoms with Gasteiger partial charge in [0.15, 0.2) is 0 Å². The highest BCUT2D eigenvalue weighted by Crippen LogP contribution is 2.57. The molecule has 1 saturated carbocycles. The highest BCUT2D eigenvalue weighted by Gasteiger charge is 2.56. The molecule has 0 aromatic heterocycles. The number of carbonyl (C=O) groups is 1. The fraction of sp³-hybridized carbons (Fsp3) is 0.542. The minimum atomic E-state index is -2.04. The Bertz CT molecular complexity index is 828. The Kier molecular flexibility index (Phi) is 5.39. The van der Waals surface area contributed by atoms with E-state index in [9.17, 15) is 4.79 Å². The van der Waals surface area contributed by atoms with Crippen LogP contribution in [-0.4, -0.2) is 21.2 Å². The van der Waals surface area contributed by atoms with Crippen molar-refractivity contribution in [3.63, 3.8) is 0 Å². The Labute approximate surface area is 171 Å². The quantitative estimate of drug-likeness (QED) is 0.540. The Balaban J connectivity index is 2.04. The van der Waals surface area contributed by atoms with Crippen LogP contribution in [0.1, 0.15) is 52.5 Å². The van der Waals surface area contributed by atoms with Gasteiger partial charge in [0, 0.05) is 12.0 Å². The topological polar surface area (TPSA) is 35.5 Å². The van der Waals surface area contributed by atoms with Crippen molar-refractivity contribution in [1.82, 2.24) is 0 Å². The number of Topliss-reactive ketones (excluding diaryl/α,β-unsaturated/α-hetero) is 1. The second-order valence-electron chi connectivity index (χ2n) is 9.86. The molecule has 1 fully saturated rings. The number of benzene rings is 1. The molecule has 0 saturated heterocycles. The molecule has 3 rings (SSSR count). The molecule has 28 heavy (non-hydrogen) atoms. The molecule has 0 unspecified atom stereocenters. The van der Waals surface area contributed by atoms with Crippen molar-refractivity contribution < 1.29 is 14.0 Å². The molecule has 0 amide bonds. The van der Waals surface area contributed by atoms with Crippen LogP contribution in [-0.2, 0) is 9.22 Å². The molecule has 0 N–H and O–H groups in total. The number of ether oxygens (including phenoxy) is 1. The third kappa shape index (κ3) is 3.47. The van der Waals surface area contributed by atoms with Gasteiger partial charge in [0.05, 0.1) is 18.3 Å². The Morgan fingerprint density at radius 2 is 1.86 bits per heavy atom. The number of fused-ring (bicyclic) bond motifs is 1. The molecule has 2 aliphatic rings. The highest BCUT2D eigenvalue weighted by atomic mass is 28.4. The van der Waals surface area contributed by atoms with Gasteiger partial charge in [-0.15, -0.1) is 0 Å². The first kappa shape index (κ1) is 20.9. The molecule has 0 heterocycles. The maximum Gasteiger partial charge on any atom is 0.250 e. The van der Waals surface area contributed by atoms with Crippen LogP contribution in [0.15, 0.2) is 41.7 Å². The SMILES string of the molecule is COc1ccccc1/C=C/C1=C(O[Si](C)(C)C(C)(C)C)[C@@]2(C)C(=O)CC[C@H]2C1. The molecule has 152 valence electrons. The van der Waals surface area contributed by atoms with Gasteiger partial charge in [-0.2, -0.15) is 0 Å². The van der Waals surface area contributed by atoms with Crippen molar-refractivity contribution in [3.8, 4) is 5.75 Å². The van der Waals surface area contributed by atoms with Crippen molar-refractivity contribution in [2.45, 2.75) is 65.1 Å². The zero-order valence-corrected chi connectivity index (χ0v) is 19.4. The van der Waals surface area contributed by atoms with Gasteiger partial charge in [-0.1, -0.05) is 51.1 Å². The molecule has 2 aliphatic carbocycles. The predicted molar refractivity (Wildman–Crippen MR) is 118 cm³/mol. The second-order valence-corrected chi connectivity index (χ2v) is 14.6. The van der Waals surface area contributed by atoms with Gasteiger partial charge in [0.1, 0.15) is 11.5 Å². The fourth-order valence-electron chi connectivity index (χ4n) is 4.11. The molecule has 1 aromatic carbocycles. The Morgan fingerprint density at radius 1 is 1.18 bits per heavy atom. The summed E-state index contributed by atoms with van der Waals surface area (Å²) in [5.74, 6) is 2.49. The summed E-state index contributed by atoms with van der Waals surface area (Å²) in [6.07, 6.45) is 6.80. The molecule has 3 nitrogen and oxygen atoms in total. The van der Waals surface area contributed by atoms with E-state index in [2.05, 4.69) is 52.9 Å². The standard InChI is InChI=1S/C24H34O3Si/c1-23(2,3)28(6,7)27-22-18(16-19-14-15-21(25)24(19,22)4)13-12-17-10-8-9-11-20(17)26-5/h8-13,19H,14-16H2,1-7H3/b13-12+/t19-,24+/m0/s1. The van der Waals surface area contributed by atoms with Crippen molar-refractivity contribution in [2.24, 2.45) is 11.3 Å². The minimum Gasteiger partial charge on any atom is -0.545 e. The lowest BCUT2D eigenvalue weighted by molar-refractivity contribution is -0.125. The second kappa shape index (κ2) is 7.22. The molecule has 1 aromatic rings. The van der Waals surface area contributed by atoms with Gasteiger partial charge in [-0.25, -0.2) is 0 Å². The van der Waals surface area contributed by atoms with E-state index in [1.165, 1.54) is 5.57 Å². The van der Waals surface area contributed by atoms with Crippen LogP contribution >= 0.6 is 0 Å². The van der Waals surface area contributed by atoms with Gasteiger partial charge in [0.2, 0.25) is 8.32 Å². The summed E-state index contributed by atoms with van der Waals surface area (Å²) in [7, 11) is -0.351. The van der Waals surface area contributed by atoms with Crippen LogP contribution in [0.25, 0.3) is 6.08 Å². The number of methoxy groups -OCH3 is 1. The third-order valence-electron chi connectivity index (χ3n) is 7.11. The Morgan fingerprint density at radius 3 is 2.50 bits per heavy atom. The minimum absolute atomic E-state index is 0.0908. The predicted octanol–water partition coefficient (Wildman–Crippen LogP) is 6.37. The largest absolute Gasteiger partial charge is 0.545 e. The van der Waals surface area contributed by atoms with Crippen LogP contribution in [0, 0.1) is 11.3 Å². The summed E-state index contributed by atoms with van der Waals surface area (Å²) < 4.78 is 12.3. The van der Waals surface area contributed by atoms with E-state index in [1.807, 2.05) is 24.3 Å². The molecule has 0 radical (unpaired) electrons. The molecule has 0 spiro atoms. The van der Waals surface area contributed by atoms with E-state index in [4.69, 9.17) is 9.16 Å². The number of para-hydroxylation sites is 1. The molecular formula is C24H34O3Si. The van der Waals surface area contributed by atoms with Crippen LogP contribution < -0.4 is 4.74 Å². The normalized spacial score (nSPS) is 25.5. The lowest BCUT2D eigenvalue weighted by atomic mass is 9.81. The molecule has 0 aliphatic heterocycles.